The molecule has 1 aromatic heterocycles. The second kappa shape index (κ2) is 12.6. The van der Waals surface area contributed by atoms with Crippen LogP contribution < -0.4 is 14.9 Å². The number of carbonyl (C=O) groups excluding carboxylic acids is 2. The van der Waals surface area contributed by atoms with E-state index >= 15 is 0 Å². The van der Waals surface area contributed by atoms with E-state index in [1.807, 2.05) is 19.1 Å². The van der Waals surface area contributed by atoms with Crippen LogP contribution in [0.25, 0.3) is 0 Å². The highest BCUT2D eigenvalue weighted by molar-refractivity contribution is 7.89. The number of hydrogen-bond acceptors (Lipinski definition) is 7. The van der Waals surface area contributed by atoms with Crippen LogP contribution >= 0.6 is 0 Å². The fraction of sp³-hybridized carbons (Fsp3) is 0.480. The zero-order valence-corrected chi connectivity index (χ0v) is 21.1. The molecule has 0 saturated carbocycles. The molecule has 9 nitrogen and oxygen atoms in total. The minimum absolute atomic E-state index is 0.0109. The number of benzene rings is 1. The van der Waals surface area contributed by atoms with Crippen molar-refractivity contribution in [1.29, 1.82) is 0 Å². The summed E-state index contributed by atoms with van der Waals surface area (Å²) < 4.78 is 31.8. The number of piperidine rings is 1. The summed E-state index contributed by atoms with van der Waals surface area (Å²) in [7, 11) is -2.36. The second-order valence-electron chi connectivity index (χ2n) is 8.72. The van der Waals surface area contributed by atoms with Crippen molar-refractivity contribution in [3.8, 4) is 0 Å². The Morgan fingerprint density at radius 1 is 1.11 bits per heavy atom. The van der Waals surface area contributed by atoms with Crippen LogP contribution in [0.5, 0.6) is 0 Å². The molecule has 0 aliphatic carbocycles. The van der Waals surface area contributed by atoms with E-state index in [4.69, 9.17) is 4.74 Å². The standard InChI is InChI=1S/C25H34N4O5S/c1-3-4-17-35(32,33)28-23(25(31)34-2)18-19-5-7-21(8-6-19)27-24(30)20-11-15-29(16-12-20)22-9-13-26-14-10-22/h5-10,13-14,20,23,28H,3-4,11-12,15-18H2,1-2H3,(H,27,30). The summed E-state index contributed by atoms with van der Waals surface area (Å²) in [6.07, 6.45) is 6.48. The molecule has 0 radical (unpaired) electrons. The SMILES string of the molecule is CCCCS(=O)(=O)NC(Cc1ccc(NC(=O)C2CCN(c3ccncc3)CC2)cc1)C(=O)OC. The molecule has 1 atom stereocenters. The number of methoxy groups -OCH3 is 1. The average molecular weight is 503 g/mol. The molecule has 2 heterocycles. The van der Waals surface area contributed by atoms with Crippen LogP contribution in [-0.2, 0) is 30.8 Å². The summed E-state index contributed by atoms with van der Waals surface area (Å²) in [5, 5.41) is 2.97. The lowest BCUT2D eigenvalue weighted by atomic mass is 9.95. The molecule has 1 fully saturated rings. The van der Waals surface area contributed by atoms with Gasteiger partial charge in [-0.15, -0.1) is 0 Å². The Kier molecular flexibility index (Phi) is 9.62. The predicted molar refractivity (Wildman–Crippen MR) is 136 cm³/mol. The molecule has 1 aromatic carbocycles. The first kappa shape index (κ1) is 26.6. The van der Waals surface area contributed by atoms with Gasteiger partial charge in [-0.1, -0.05) is 25.5 Å². The molecule has 1 aliphatic heterocycles. The van der Waals surface area contributed by atoms with Crippen LogP contribution in [0.15, 0.2) is 48.8 Å². The molecule has 0 bridgehead atoms. The molecule has 1 saturated heterocycles. The molecule has 1 unspecified atom stereocenters. The van der Waals surface area contributed by atoms with E-state index in [9.17, 15) is 18.0 Å². The van der Waals surface area contributed by atoms with Crippen molar-refractivity contribution in [2.24, 2.45) is 5.92 Å². The number of sulfonamides is 1. The smallest absolute Gasteiger partial charge is 0.324 e. The fourth-order valence-corrected chi connectivity index (χ4v) is 5.48. The Labute approximate surface area is 207 Å². The lowest BCUT2D eigenvalue weighted by molar-refractivity contribution is -0.142. The van der Waals surface area contributed by atoms with Crippen LogP contribution in [0, 0.1) is 5.92 Å². The third-order valence-corrected chi connectivity index (χ3v) is 7.60. The van der Waals surface area contributed by atoms with Crippen molar-refractivity contribution in [2.45, 2.75) is 45.1 Å². The molecule has 2 N–H and O–H groups in total. The van der Waals surface area contributed by atoms with Crippen molar-refractivity contribution in [2.75, 3.05) is 36.2 Å². The maximum Gasteiger partial charge on any atom is 0.324 e. The van der Waals surface area contributed by atoms with Crippen LogP contribution in [0.1, 0.15) is 38.2 Å². The summed E-state index contributed by atoms with van der Waals surface area (Å²) in [4.78, 5) is 31.2. The summed E-state index contributed by atoms with van der Waals surface area (Å²) in [5.41, 5.74) is 2.53. The monoisotopic (exact) mass is 502 g/mol. The Hall–Kier alpha value is -2.98. The quantitative estimate of drug-likeness (QED) is 0.454. The van der Waals surface area contributed by atoms with Gasteiger partial charge in [-0.25, -0.2) is 13.1 Å². The Morgan fingerprint density at radius 3 is 2.37 bits per heavy atom. The maximum atomic E-state index is 12.8. The third-order valence-electron chi connectivity index (χ3n) is 6.13. The van der Waals surface area contributed by atoms with Crippen molar-refractivity contribution >= 4 is 33.3 Å². The van der Waals surface area contributed by atoms with Crippen LogP contribution in [0.4, 0.5) is 11.4 Å². The highest BCUT2D eigenvalue weighted by Crippen LogP contribution is 2.24. The zero-order valence-electron chi connectivity index (χ0n) is 20.3. The molecule has 10 heteroatoms. The van der Waals surface area contributed by atoms with Gasteiger partial charge in [-0.2, -0.15) is 0 Å². The van der Waals surface area contributed by atoms with Gasteiger partial charge in [-0.3, -0.25) is 14.6 Å². The Balaban J connectivity index is 1.54. The fourth-order valence-electron chi connectivity index (χ4n) is 4.08. The molecule has 0 spiro atoms. The number of hydrogen-bond donors (Lipinski definition) is 2. The minimum atomic E-state index is -3.59. The van der Waals surface area contributed by atoms with E-state index in [-0.39, 0.29) is 24.0 Å². The number of nitrogens with zero attached hydrogens (tertiary/aromatic N) is 2. The predicted octanol–water partition coefficient (Wildman–Crippen LogP) is 2.74. The zero-order chi connectivity index (χ0) is 25.3. The molecule has 3 rings (SSSR count). The molecule has 35 heavy (non-hydrogen) atoms. The first-order chi connectivity index (χ1) is 16.8. The number of rotatable bonds is 11. The van der Waals surface area contributed by atoms with Crippen molar-refractivity contribution < 1.29 is 22.7 Å². The second-order valence-corrected chi connectivity index (χ2v) is 10.6. The molecule has 1 aliphatic rings. The average Bonchev–Trinajstić information content (AvgIpc) is 2.88. The van der Waals surface area contributed by atoms with Crippen molar-refractivity contribution in [1.82, 2.24) is 9.71 Å². The van der Waals surface area contributed by atoms with Gasteiger partial charge in [0.05, 0.1) is 12.9 Å². The van der Waals surface area contributed by atoms with E-state index in [1.54, 1.807) is 36.7 Å². The highest BCUT2D eigenvalue weighted by Gasteiger charge is 2.26. The number of aromatic nitrogens is 1. The van der Waals surface area contributed by atoms with Gasteiger partial charge in [0.1, 0.15) is 6.04 Å². The number of amides is 1. The number of carbonyl (C=O) groups is 2. The van der Waals surface area contributed by atoms with Crippen LogP contribution in [0.2, 0.25) is 0 Å². The molecule has 190 valence electrons. The van der Waals surface area contributed by atoms with Gasteiger partial charge < -0.3 is 15.0 Å². The van der Waals surface area contributed by atoms with E-state index < -0.39 is 22.0 Å². The van der Waals surface area contributed by atoms with E-state index in [2.05, 4.69) is 19.9 Å². The van der Waals surface area contributed by atoms with Gasteiger partial charge in [0.2, 0.25) is 15.9 Å². The Bertz CT molecular complexity index is 1070. The molecule has 2 aromatic rings. The summed E-state index contributed by atoms with van der Waals surface area (Å²) in [6, 6.07) is 10.0. The number of unbranched alkanes of at least 4 members (excludes halogenated alkanes) is 1. The highest BCUT2D eigenvalue weighted by atomic mass is 32.2. The molecular weight excluding hydrogens is 468 g/mol. The number of ether oxygens (including phenoxy) is 1. The minimum Gasteiger partial charge on any atom is -0.468 e. The van der Waals surface area contributed by atoms with Gasteiger partial charge in [0.25, 0.3) is 0 Å². The largest absolute Gasteiger partial charge is 0.468 e. The van der Waals surface area contributed by atoms with Gasteiger partial charge in [-0.05, 0) is 55.5 Å². The first-order valence-electron chi connectivity index (χ1n) is 11.9. The number of pyridine rings is 1. The summed E-state index contributed by atoms with van der Waals surface area (Å²) in [5.74, 6) is -0.749. The molecule has 1 amide bonds. The maximum absolute atomic E-state index is 12.8. The van der Waals surface area contributed by atoms with Gasteiger partial charge >= 0.3 is 5.97 Å². The van der Waals surface area contributed by atoms with Crippen LogP contribution in [0.3, 0.4) is 0 Å². The normalized spacial score (nSPS) is 15.4. The van der Waals surface area contributed by atoms with Crippen molar-refractivity contribution in [3.63, 3.8) is 0 Å². The number of anilines is 2. The van der Waals surface area contributed by atoms with E-state index in [1.165, 1.54) is 7.11 Å². The third kappa shape index (κ3) is 8.03. The Morgan fingerprint density at radius 2 is 1.77 bits per heavy atom. The van der Waals surface area contributed by atoms with E-state index in [0.29, 0.717) is 12.1 Å². The summed E-state index contributed by atoms with van der Waals surface area (Å²) in [6.45, 7) is 3.52. The lowest BCUT2D eigenvalue weighted by Crippen LogP contribution is -2.43. The van der Waals surface area contributed by atoms with E-state index in [0.717, 1.165) is 43.6 Å². The van der Waals surface area contributed by atoms with Gasteiger partial charge in [0.15, 0.2) is 0 Å². The first-order valence-corrected chi connectivity index (χ1v) is 13.6. The number of esters is 1. The summed E-state index contributed by atoms with van der Waals surface area (Å²) >= 11 is 0. The molecular formula is C25H34N4O5S. The number of nitrogens with one attached hydrogen (secondary N) is 2. The lowest BCUT2D eigenvalue weighted by Gasteiger charge is -2.32. The van der Waals surface area contributed by atoms with Crippen LogP contribution in [-0.4, -0.2) is 57.3 Å². The van der Waals surface area contributed by atoms with Crippen molar-refractivity contribution in [3.05, 3.63) is 54.4 Å². The van der Waals surface area contributed by atoms with Gasteiger partial charge in [0, 0.05) is 42.8 Å². The topological polar surface area (TPSA) is 118 Å².